The zero-order valence-electron chi connectivity index (χ0n) is 8.92. The van der Waals surface area contributed by atoms with E-state index < -0.39 is 11.6 Å². The summed E-state index contributed by atoms with van der Waals surface area (Å²) in [6.45, 7) is 0. The molecule has 0 aliphatic carbocycles. The third-order valence-corrected chi connectivity index (χ3v) is 2.80. The number of pyridine rings is 1. The third-order valence-electron chi connectivity index (χ3n) is 2.19. The quantitative estimate of drug-likeness (QED) is 0.860. The van der Waals surface area contributed by atoms with Crippen LogP contribution in [-0.2, 0) is 0 Å². The second-order valence-corrected chi connectivity index (χ2v) is 4.24. The molecule has 2 rings (SSSR count). The van der Waals surface area contributed by atoms with Crippen molar-refractivity contribution in [2.45, 2.75) is 0 Å². The molecule has 90 valence electrons. The number of hydrogen-bond donors (Lipinski definition) is 1. The van der Waals surface area contributed by atoms with Crippen molar-refractivity contribution in [3.05, 3.63) is 52.1 Å². The van der Waals surface area contributed by atoms with Crippen molar-refractivity contribution in [1.29, 1.82) is 5.26 Å². The minimum atomic E-state index is -0.641. The number of rotatable bonds is 2. The van der Waals surface area contributed by atoms with Crippen LogP contribution in [0.3, 0.4) is 0 Å². The minimum absolute atomic E-state index is 0.0343. The van der Waals surface area contributed by atoms with Gasteiger partial charge in [-0.3, -0.25) is 0 Å². The van der Waals surface area contributed by atoms with E-state index in [4.69, 9.17) is 5.26 Å². The topological polar surface area (TPSA) is 48.7 Å². The fourth-order valence-corrected chi connectivity index (χ4v) is 1.66. The standard InChI is InChI=1S/C12H6BrF2N3/c13-8-4-10(15)11(5-9(8)14)18-12-7(6-16)2-1-3-17-12/h1-5H,(H,17,18). The maximum absolute atomic E-state index is 13.6. The Morgan fingerprint density at radius 3 is 2.78 bits per heavy atom. The molecule has 0 aliphatic heterocycles. The van der Waals surface area contributed by atoms with Gasteiger partial charge in [0, 0.05) is 12.3 Å². The van der Waals surface area contributed by atoms with Crippen molar-refractivity contribution in [3.63, 3.8) is 0 Å². The lowest BCUT2D eigenvalue weighted by molar-refractivity contribution is 0.597. The molecule has 0 radical (unpaired) electrons. The van der Waals surface area contributed by atoms with E-state index in [0.717, 1.165) is 12.1 Å². The molecule has 0 amide bonds. The maximum Gasteiger partial charge on any atom is 0.148 e. The molecule has 0 fully saturated rings. The Labute approximate surface area is 110 Å². The van der Waals surface area contributed by atoms with Gasteiger partial charge in [-0.1, -0.05) is 0 Å². The molecule has 1 N–H and O–H groups in total. The predicted molar refractivity (Wildman–Crippen MR) is 66.3 cm³/mol. The van der Waals surface area contributed by atoms with E-state index >= 15 is 0 Å². The van der Waals surface area contributed by atoms with Crippen molar-refractivity contribution >= 4 is 27.4 Å². The highest BCUT2D eigenvalue weighted by atomic mass is 79.9. The molecular formula is C12H6BrF2N3. The van der Waals surface area contributed by atoms with Gasteiger partial charge in [-0.05, 0) is 34.1 Å². The van der Waals surface area contributed by atoms with Crippen LogP contribution >= 0.6 is 15.9 Å². The molecule has 0 aliphatic rings. The highest BCUT2D eigenvalue weighted by Gasteiger charge is 2.10. The molecule has 1 aromatic carbocycles. The van der Waals surface area contributed by atoms with Gasteiger partial charge in [0.2, 0.25) is 0 Å². The summed E-state index contributed by atoms with van der Waals surface area (Å²) >= 11 is 2.88. The first-order chi connectivity index (χ1) is 8.61. The molecule has 0 atom stereocenters. The second-order valence-electron chi connectivity index (χ2n) is 3.38. The number of benzene rings is 1. The molecule has 0 spiro atoms. The van der Waals surface area contributed by atoms with E-state index in [-0.39, 0.29) is 21.5 Å². The second kappa shape index (κ2) is 5.10. The molecule has 1 heterocycles. The average molecular weight is 310 g/mol. The van der Waals surface area contributed by atoms with E-state index in [1.54, 1.807) is 6.07 Å². The van der Waals surface area contributed by atoms with Crippen LogP contribution in [0.15, 0.2) is 34.9 Å². The molecular weight excluding hydrogens is 304 g/mol. The largest absolute Gasteiger partial charge is 0.337 e. The number of aromatic nitrogens is 1. The first-order valence-electron chi connectivity index (χ1n) is 4.88. The lowest BCUT2D eigenvalue weighted by Gasteiger charge is -2.08. The average Bonchev–Trinajstić information content (AvgIpc) is 2.36. The molecule has 0 bridgehead atoms. The van der Waals surface area contributed by atoms with Gasteiger partial charge in [0.25, 0.3) is 0 Å². The molecule has 18 heavy (non-hydrogen) atoms. The Morgan fingerprint density at radius 2 is 2.06 bits per heavy atom. The van der Waals surface area contributed by atoms with Gasteiger partial charge < -0.3 is 5.32 Å². The van der Waals surface area contributed by atoms with Gasteiger partial charge in [0.1, 0.15) is 23.5 Å². The molecule has 0 saturated carbocycles. The van der Waals surface area contributed by atoms with E-state index in [2.05, 4.69) is 26.2 Å². The van der Waals surface area contributed by atoms with Gasteiger partial charge in [0.15, 0.2) is 0 Å². The first-order valence-corrected chi connectivity index (χ1v) is 5.68. The SMILES string of the molecule is N#Cc1cccnc1Nc1cc(F)c(Br)cc1F. The number of anilines is 2. The summed E-state index contributed by atoms with van der Waals surface area (Å²) in [4.78, 5) is 3.90. The van der Waals surface area contributed by atoms with Crippen LogP contribution in [0.2, 0.25) is 0 Å². The van der Waals surface area contributed by atoms with Crippen LogP contribution < -0.4 is 5.32 Å². The Kier molecular flexibility index (Phi) is 3.53. The summed E-state index contributed by atoms with van der Waals surface area (Å²) in [5.74, 6) is -1.06. The minimum Gasteiger partial charge on any atom is -0.337 e. The van der Waals surface area contributed by atoms with Crippen LogP contribution in [0, 0.1) is 23.0 Å². The van der Waals surface area contributed by atoms with Gasteiger partial charge in [0.05, 0.1) is 15.7 Å². The van der Waals surface area contributed by atoms with Crippen LogP contribution in [0.4, 0.5) is 20.3 Å². The van der Waals surface area contributed by atoms with Crippen molar-refractivity contribution in [2.24, 2.45) is 0 Å². The third kappa shape index (κ3) is 2.46. The monoisotopic (exact) mass is 309 g/mol. The summed E-state index contributed by atoms with van der Waals surface area (Å²) in [6.07, 6.45) is 1.45. The molecule has 6 heteroatoms. The van der Waals surface area contributed by atoms with Gasteiger partial charge in [-0.15, -0.1) is 0 Å². The van der Waals surface area contributed by atoms with E-state index in [1.165, 1.54) is 12.3 Å². The van der Waals surface area contributed by atoms with Crippen LogP contribution in [0.5, 0.6) is 0 Å². The number of nitrogens with one attached hydrogen (secondary N) is 1. The zero-order chi connectivity index (χ0) is 13.1. The lowest BCUT2D eigenvalue weighted by atomic mass is 10.2. The molecule has 0 saturated heterocycles. The lowest BCUT2D eigenvalue weighted by Crippen LogP contribution is -1.99. The number of nitriles is 1. The van der Waals surface area contributed by atoms with Gasteiger partial charge in [-0.25, -0.2) is 13.8 Å². The Morgan fingerprint density at radius 1 is 1.28 bits per heavy atom. The van der Waals surface area contributed by atoms with E-state index in [0.29, 0.717) is 0 Å². The Hall–Kier alpha value is -2.00. The fraction of sp³-hybridized carbons (Fsp3) is 0. The van der Waals surface area contributed by atoms with Gasteiger partial charge >= 0.3 is 0 Å². The molecule has 2 aromatic rings. The number of nitrogens with zero attached hydrogens (tertiary/aromatic N) is 2. The molecule has 1 aromatic heterocycles. The summed E-state index contributed by atoms with van der Waals surface area (Å²) in [5, 5.41) is 11.4. The van der Waals surface area contributed by atoms with Crippen molar-refractivity contribution in [3.8, 4) is 6.07 Å². The summed E-state index contributed by atoms with van der Waals surface area (Å²) in [5.41, 5.74) is 0.172. The summed E-state index contributed by atoms with van der Waals surface area (Å²) in [6, 6.07) is 7.03. The van der Waals surface area contributed by atoms with E-state index in [1.807, 2.05) is 6.07 Å². The van der Waals surface area contributed by atoms with Crippen molar-refractivity contribution in [1.82, 2.24) is 4.98 Å². The van der Waals surface area contributed by atoms with Crippen molar-refractivity contribution < 1.29 is 8.78 Å². The fourth-order valence-electron chi connectivity index (χ4n) is 1.34. The van der Waals surface area contributed by atoms with Gasteiger partial charge in [-0.2, -0.15) is 5.26 Å². The highest BCUT2D eigenvalue weighted by molar-refractivity contribution is 9.10. The molecule has 3 nitrogen and oxygen atoms in total. The maximum atomic E-state index is 13.6. The molecule has 0 unspecified atom stereocenters. The van der Waals surface area contributed by atoms with Crippen molar-refractivity contribution in [2.75, 3.05) is 5.32 Å². The van der Waals surface area contributed by atoms with Crippen LogP contribution in [-0.4, -0.2) is 4.98 Å². The Balaban J connectivity index is 2.41. The normalized spacial score (nSPS) is 9.89. The number of halogens is 3. The van der Waals surface area contributed by atoms with E-state index in [9.17, 15) is 8.78 Å². The first kappa shape index (κ1) is 12.5. The smallest absolute Gasteiger partial charge is 0.148 e. The Bertz CT molecular complexity index is 638. The summed E-state index contributed by atoms with van der Waals surface area (Å²) < 4.78 is 26.9. The van der Waals surface area contributed by atoms with Crippen LogP contribution in [0.25, 0.3) is 0 Å². The van der Waals surface area contributed by atoms with Crippen LogP contribution in [0.1, 0.15) is 5.56 Å². The zero-order valence-corrected chi connectivity index (χ0v) is 10.5. The summed E-state index contributed by atoms with van der Waals surface area (Å²) in [7, 11) is 0. The predicted octanol–water partition coefficient (Wildman–Crippen LogP) is 3.74. The highest BCUT2D eigenvalue weighted by Crippen LogP contribution is 2.26. The number of hydrogen-bond acceptors (Lipinski definition) is 3.